The highest BCUT2D eigenvalue weighted by molar-refractivity contribution is 6.02. The Hall–Kier alpha value is -1.39. The molecule has 158 valence electrons. The van der Waals surface area contributed by atoms with Crippen LogP contribution in [0.15, 0.2) is 0 Å². The van der Waals surface area contributed by atoms with E-state index in [0.717, 1.165) is 17.7 Å². The molecular formula is C18H38N6O3. The van der Waals surface area contributed by atoms with Gasteiger partial charge < -0.3 is 33.5 Å². The van der Waals surface area contributed by atoms with Gasteiger partial charge in [-0.1, -0.05) is 12.8 Å². The minimum atomic E-state index is -0.877. The molecule has 0 aliphatic carbocycles. The molecule has 9 nitrogen and oxygen atoms in total. The van der Waals surface area contributed by atoms with Crippen molar-refractivity contribution in [1.82, 2.24) is 4.90 Å². The fourth-order valence-corrected chi connectivity index (χ4v) is 2.81. The fourth-order valence-electron chi connectivity index (χ4n) is 2.81. The van der Waals surface area contributed by atoms with Gasteiger partial charge in [0.05, 0.1) is 18.1 Å². The number of imide groups is 1. The van der Waals surface area contributed by atoms with Crippen LogP contribution in [0.25, 0.3) is 0 Å². The predicted molar refractivity (Wildman–Crippen MR) is 106 cm³/mol. The van der Waals surface area contributed by atoms with Gasteiger partial charge in [0.25, 0.3) is 0 Å². The number of carbonyl (C=O) groups excluding carboxylic acids is 3. The van der Waals surface area contributed by atoms with E-state index in [-0.39, 0.29) is 0 Å². The third-order valence-electron chi connectivity index (χ3n) is 4.49. The topological polar surface area (TPSA) is 185 Å². The van der Waals surface area contributed by atoms with Crippen LogP contribution >= 0.6 is 0 Å². The lowest BCUT2D eigenvalue weighted by Crippen LogP contribution is -2.56. The first-order valence-corrected chi connectivity index (χ1v) is 9.88. The van der Waals surface area contributed by atoms with Crippen molar-refractivity contribution in [2.24, 2.45) is 28.7 Å². The van der Waals surface area contributed by atoms with E-state index in [9.17, 15) is 14.4 Å². The molecule has 3 atom stereocenters. The summed E-state index contributed by atoms with van der Waals surface area (Å²) in [7, 11) is 0. The molecule has 0 aliphatic heterocycles. The van der Waals surface area contributed by atoms with Crippen molar-refractivity contribution < 1.29 is 14.4 Å². The Kier molecular flexibility index (Phi) is 14.8. The van der Waals surface area contributed by atoms with Gasteiger partial charge in [0.2, 0.25) is 11.8 Å². The molecule has 0 saturated carbocycles. The summed E-state index contributed by atoms with van der Waals surface area (Å²) in [5.74, 6) is -1.12. The Balaban J connectivity index is 5.23. The zero-order valence-corrected chi connectivity index (χ0v) is 16.4. The van der Waals surface area contributed by atoms with Gasteiger partial charge >= 0.3 is 0 Å². The minimum Gasteiger partial charge on any atom is -0.330 e. The fraction of sp³-hybridized carbons (Fsp3) is 0.833. The lowest BCUT2D eigenvalue weighted by atomic mass is 10.0. The maximum atomic E-state index is 12.8. The van der Waals surface area contributed by atoms with Crippen molar-refractivity contribution in [3.05, 3.63) is 0 Å². The van der Waals surface area contributed by atoms with E-state index >= 15 is 0 Å². The van der Waals surface area contributed by atoms with Crippen LogP contribution in [0.5, 0.6) is 0 Å². The molecule has 0 aliphatic rings. The number of amides is 2. The molecule has 0 bridgehead atoms. The van der Waals surface area contributed by atoms with Gasteiger partial charge in [0, 0.05) is 0 Å². The Morgan fingerprint density at radius 3 is 1.41 bits per heavy atom. The number of rotatable bonds is 16. The maximum Gasteiger partial charge on any atom is 0.246 e. The van der Waals surface area contributed by atoms with Gasteiger partial charge in [-0.25, -0.2) is 0 Å². The van der Waals surface area contributed by atoms with Crippen LogP contribution in [0.1, 0.15) is 57.8 Å². The van der Waals surface area contributed by atoms with E-state index in [1.165, 1.54) is 0 Å². The van der Waals surface area contributed by atoms with E-state index in [4.69, 9.17) is 28.7 Å². The van der Waals surface area contributed by atoms with Gasteiger partial charge in [-0.15, -0.1) is 0 Å². The predicted octanol–water partition coefficient (Wildman–Crippen LogP) is -1.05. The average Bonchev–Trinajstić information content (AvgIpc) is 2.66. The second-order valence-corrected chi connectivity index (χ2v) is 6.82. The first kappa shape index (κ1) is 25.6. The molecule has 2 amide bonds. The molecule has 0 aromatic carbocycles. The highest BCUT2D eigenvalue weighted by atomic mass is 16.2. The zero-order chi connectivity index (χ0) is 20.7. The molecule has 10 N–H and O–H groups in total. The van der Waals surface area contributed by atoms with Gasteiger partial charge in [0.1, 0.15) is 6.29 Å². The number of nitrogens with two attached hydrogens (primary N) is 5. The molecule has 0 heterocycles. The van der Waals surface area contributed by atoms with Gasteiger partial charge in [0.15, 0.2) is 0 Å². The normalized spacial score (nSPS) is 14.4. The highest BCUT2D eigenvalue weighted by Crippen LogP contribution is 2.14. The molecule has 0 rings (SSSR count). The van der Waals surface area contributed by atoms with E-state index in [0.29, 0.717) is 70.9 Å². The Labute approximate surface area is 162 Å². The van der Waals surface area contributed by atoms with Crippen LogP contribution in [-0.4, -0.2) is 60.8 Å². The third-order valence-corrected chi connectivity index (χ3v) is 4.49. The van der Waals surface area contributed by atoms with E-state index < -0.39 is 29.9 Å². The summed E-state index contributed by atoms with van der Waals surface area (Å²) in [6.45, 7) is 1.49. The van der Waals surface area contributed by atoms with Crippen LogP contribution in [-0.2, 0) is 14.4 Å². The molecule has 9 heteroatoms. The Morgan fingerprint density at radius 2 is 1.07 bits per heavy atom. The SMILES string of the molecule is NCCCC[C@@H](C=O)N(C(=O)[C@@H](N)CCCCN)C(=O)[C@@H](N)CCCCN. The van der Waals surface area contributed by atoms with E-state index in [1.807, 2.05) is 0 Å². The molecule has 0 aromatic rings. The number of hydrogen-bond acceptors (Lipinski definition) is 8. The minimum absolute atomic E-state index is 0.350. The van der Waals surface area contributed by atoms with Crippen molar-refractivity contribution >= 4 is 18.1 Å². The summed E-state index contributed by atoms with van der Waals surface area (Å²) in [4.78, 5) is 38.3. The van der Waals surface area contributed by atoms with Crippen LogP contribution in [0, 0.1) is 0 Å². The molecule has 0 radical (unpaired) electrons. The van der Waals surface area contributed by atoms with Crippen LogP contribution < -0.4 is 28.7 Å². The van der Waals surface area contributed by atoms with Crippen molar-refractivity contribution in [2.45, 2.75) is 75.9 Å². The average molecular weight is 387 g/mol. The van der Waals surface area contributed by atoms with Crippen molar-refractivity contribution in [3.8, 4) is 0 Å². The second kappa shape index (κ2) is 15.6. The summed E-state index contributed by atoms with van der Waals surface area (Å²) in [6.07, 6.45) is 5.91. The number of hydrogen-bond donors (Lipinski definition) is 5. The first-order valence-electron chi connectivity index (χ1n) is 9.88. The monoisotopic (exact) mass is 386 g/mol. The zero-order valence-electron chi connectivity index (χ0n) is 16.4. The van der Waals surface area contributed by atoms with Crippen molar-refractivity contribution in [1.29, 1.82) is 0 Å². The first-order chi connectivity index (χ1) is 12.9. The largest absolute Gasteiger partial charge is 0.330 e. The Bertz CT molecular complexity index is 407. The quantitative estimate of drug-likeness (QED) is 0.164. The third kappa shape index (κ3) is 9.92. The van der Waals surface area contributed by atoms with Crippen LogP contribution in [0.4, 0.5) is 0 Å². The Morgan fingerprint density at radius 1 is 0.704 bits per heavy atom. The second-order valence-electron chi connectivity index (χ2n) is 6.82. The molecule has 0 saturated heterocycles. The molecule has 0 aromatic heterocycles. The highest BCUT2D eigenvalue weighted by Gasteiger charge is 2.34. The summed E-state index contributed by atoms with van der Waals surface area (Å²) in [5, 5.41) is 0. The summed E-state index contributed by atoms with van der Waals surface area (Å²) in [5.41, 5.74) is 28.4. The molecule has 0 spiro atoms. The number of aldehydes is 1. The smallest absolute Gasteiger partial charge is 0.246 e. The number of unbranched alkanes of at least 4 members (excludes halogenated alkanes) is 3. The molecule has 0 fully saturated rings. The van der Waals surface area contributed by atoms with Gasteiger partial charge in [-0.3, -0.25) is 14.5 Å². The number of carbonyl (C=O) groups is 3. The summed E-state index contributed by atoms with van der Waals surface area (Å²) < 4.78 is 0. The lowest BCUT2D eigenvalue weighted by molar-refractivity contribution is -0.151. The van der Waals surface area contributed by atoms with E-state index in [2.05, 4.69) is 0 Å². The standard InChI is InChI=1S/C18H38N6O3/c19-10-4-1-7-14(13-25)24(17(26)15(22)8-2-5-11-20)18(27)16(23)9-3-6-12-21/h13-16H,1-12,19-23H2/t14-,15-,16-/m0/s1. The maximum absolute atomic E-state index is 12.8. The summed E-state index contributed by atoms with van der Waals surface area (Å²) in [6, 6.07) is -2.61. The molecule has 0 unspecified atom stereocenters. The van der Waals surface area contributed by atoms with E-state index in [1.54, 1.807) is 0 Å². The van der Waals surface area contributed by atoms with Crippen LogP contribution in [0.2, 0.25) is 0 Å². The summed E-state index contributed by atoms with van der Waals surface area (Å²) >= 11 is 0. The van der Waals surface area contributed by atoms with Crippen LogP contribution in [0.3, 0.4) is 0 Å². The molecular weight excluding hydrogens is 348 g/mol. The van der Waals surface area contributed by atoms with Gasteiger partial charge in [-0.05, 0) is 64.6 Å². The lowest BCUT2D eigenvalue weighted by Gasteiger charge is -2.31. The number of nitrogens with zero attached hydrogens (tertiary/aromatic N) is 1. The van der Waals surface area contributed by atoms with Crippen molar-refractivity contribution in [3.63, 3.8) is 0 Å². The van der Waals surface area contributed by atoms with Gasteiger partial charge in [-0.2, -0.15) is 0 Å². The van der Waals surface area contributed by atoms with Crippen molar-refractivity contribution in [2.75, 3.05) is 19.6 Å². The molecule has 27 heavy (non-hydrogen) atoms.